The highest BCUT2D eigenvalue weighted by Gasteiger charge is 2.45. The number of aromatic amines is 1. The Morgan fingerprint density at radius 2 is 2.39 bits per heavy atom. The monoisotopic (exact) mass is 316 g/mol. The van der Waals surface area contributed by atoms with Crippen molar-refractivity contribution in [3.05, 3.63) is 34.5 Å². The van der Waals surface area contributed by atoms with Gasteiger partial charge in [0.1, 0.15) is 5.76 Å². The second-order valence-corrected chi connectivity index (χ2v) is 6.60. The van der Waals surface area contributed by atoms with Crippen LogP contribution in [0.15, 0.2) is 10.7 Å². The number of aromatic nitrogens is 3. The SMILES string of the molecule is Cc1onc(C(=O)N2CCCC3(CCc4cn[nH]c43)C2)c1CO. The molecule has 0 saturated carbocycles. The predicted molar refractivity (Wildman–Crippen MR) is 80.9 cm³/mol. The van der Waals surface area contributed by atoms with Gasteiger partial charge in [-0.05, 0) is 38.2 Å². The average Bonchev–Trinajstić information content (AvgIpc) is 3.25. The molecular formula is C16H20N4O3. The fourth-order valence-electron chi connectivity index (χ4n) is 4.07. The molecule has 0 radical (unpaired) electrons. The number of hydrogen-bond donors (Lipinski definition) is 2. The van der Waals surface area contributed by atoms with Gasteiger partial charge in [0.05, 0.1) is 18.4 Å². The van der Waals surface area contributed by atoms with E-state index in [2.05, 4.69) is 15.4 Å². The van der Waals surface area contributed by atoms with E-state index in [1.54, 1.807) is 6.92 Å². The first-order valence-electron chi connectivity index (χ1n) is 8.02. The number of rotatable bonds is 2. The summed E-state index contributed by atoms with van der Waals surface area (Å²) in [7, 11) is 0. The molecule has 0 bridgehead atoms. The van der Waals surface area contributed by atoms with Gasteiger partial charge in [-0.3, -0.25) is 9.89 Å². The van der Waals surface area contributed by atoms with Crippen LogP contribution in [0, 0.1) is 6.92 Å². The highest BCUT2D eigenvalue weighted by molar-refractivity contribution is 5.94. The Bertz CT molecular complexity index is 750. The van der Waals surface area contributed by atoms with Crippen LogP contribution >= 0.6 is 0 Å². The van der Waals surface area contributed by atoms with Gasteiger partial charge in [0.15, 0.2) is 5.69 Å². The summed E-state index contributed by atoms with van der Waals surface area (Å²) in [6, 6.07) is 0. The fraction of sp³-hybridized carbons (Fsp3) is 0.562. The quantitative estimate of drug-likeness (QED) is 0.871. The van der Waals surface area contributed by atoms with Crippen LogP contribution in [0.1, 0.15) is 52.3 Å². The van der Waals surface area contributed by atoms with Crippen molar-refractivity contribution >= 4 is 5.91 Å². The number of hydrogen-bond acceptors (Lipinski definition) is 5. The minimum absolute atomic E-state index is 0.0160. The zero-order valence-corrected chi connectivity index (χ0v) is 13.1. The van der Waals surface area contributed by atoms with E-state index >= 15 is 0 Å². The van der Waals surface area contributed by atoms with Crippen molar-refractivity contribution in [2.75, 3.05) is 13.1 Å². The summed E-state index contributed by atoms with van der Waals surface area (Å²) in [5.74, 6) is 0.345. The Morgan fingerprint density at radius 1 is 1.52 bits per heavy atom. The zero-order chi connectivity index (χ0) is 16.0. The molecule has 2 N–H and O–H groups in total. The van der Waals surface area contributed by atoms with Gasteiger partial charge < -0.3 is 14.5 Å². The van der Waals surface area contributed by atoms with Gasteiger partial charge in [0.25, 0.3) is 5.91 Å². The summed E-state index contributed by atoms with van der Waals surface area (Å²) in [6.45, 7) is 2.85. The summed E-state index contributed by atoms with van der Waals surface area (Å²) >= 11 is 0. The van der Waals surface area contributed by atoms with Crippen LogP contribution in [0.4, 0.5) is 0 Å². The molecule has 23 heavy (non-hydrogen) atoms. The number of amides is 1. The molecule has 1 spiro atoms. The Hall–Kier alpha value is -2.15. The summed E-state index contributed by atoms with van der Waals surface area (Å²) in [6.07, 6.45) is 5.98. The minimum atomic E-state index is -0.236. The third-order valence-electron chi connectivity index (χ3n) is 5.33. The van der Waals surface area contributed by atoms with E-state index in [0.29, 0.717) is 24.4 Å². The standard InChI is InChI=1S/C16H20N4O3/c1-10-12(8-21)13(19-23-10)15(22)20-6-2-4-16(9-20)5-3-11-7-17-18-14(11)16/h7,21H,2-6,8-9H2,1H3,(H,17,18). The van der Waals surface area contributed by atoms with Gasteiger partial charge in [-0.15, -0.1) is 0 Å². The lowest BCUT2D eigenvalue weighted by atomic mass is 9.77. The summed E-state index contributed by atoms with van der Waals surface area (Å²) in [5, 5.41) is 20.6. The summed E-state index contributed by atoms with van der Waals surface area (Å²) in [4.78, 5) is 14.7. The molecule has 4 rings (SSSR count). The van der Waals surface area contributed by atoms with Gasteiger partial charge in [0, 0.05) is 24.2 Å². The number of H-pyrrole nitrogens is 1. The van der Waals surface area contributed by atoms with Crippen LogP contribution in [0.25, 0.3) is 0 Å². The van der Waals surface area contributed by atoms with E-state index in [1.165, 1.54) is 11.3 Å². The molecule has 0 aromatic carbocycles. The molecule has 1 saturated heterocycles. The molecule has 2 aromatic rings. The van der Waals surface area contributed by atoms with Crippen molar-refractivity contribution in [3.63, 3.8) is 0 Å². The normalized spacial score (nSPS) is 23.5. The van der Waals surface area contributed by atoms with E-state index in [0.717, 1.165) is 25.7 Å². The molecule has 7 heteroatoms. The number of likely N-dealkylation sites (tertiary alicyclic amines) is 1. The lowest BCUT2D eigenvalue weighted by molar-refractivity contribution is 0.0620. The second kappa shape index (κ2) is 5.19. The van der Waals surface area contributed by atoms with Crippen molar-refractivity contribution < 1.29 is 14.4 Å². The third kappa shape index (κ3) is 2.10. The maximum atomic E-state index is 12.8. The third-order valence-corrected chi connectivity index (χ3v) is 5.33. The van der Waals surface area contributed by atoms with Crippen molar-refractivity contribution in [2.45, 2.75) is 44.6 Å². The molecule has 1 aliphatic carbocycles. The molecule has 122 valence electrons. The van der Waals surface area contributed by atoms with Gasteiger partial charge in [-0.1, -0.05) is 5.16 Å². The van der Waals surface area contributed by atoms with Crippen LogP contribution in [-0.4, -0.2) is 44.4 Å². The highest BCUT2D eigenvalue weighted by Crippen LogP contribution is 2.44. The lowest BCUT2D eigenvalue weighted by Gasteiger charge is -2.40. The van der Waals surface area contributed by atoms with Crippen LogP contribution in [-0.2, 0) is 18.4 Å². The van der Waals surface area contributed by atoms with Crippen molar-refractivity contribution in [1.82, 2.24) is 20.3 Å². The Labute approximate surface area is 133 Å². The number of carbonyl (C=O) groups excluding carboxylic acids is 1. The van der Waals surface area contributed by atoms with E-state index < -0.39 is 0 Å². The number of aryl methyl sites for hydroxylation is 2. The van der Waals surface area contributed by atoms with E-state index in [-0.39, 0.29) is 23.6 Å². The largest absolute Gasteiger partial charge is 0.391 e. The number of nitrogens with one attached hydrogen (secondary N) is 1. The summed E-state index contributed by atoms with van der Waals surface area (Å²) in [5.41, 5.74) is 3.17. The molecule has 3 heterocycles. The molecule has 2 aliphatic rings. The average molecular weight is 316 g/mol. The number of aliphatic hydroxyl groups is 1. The molecule has 7 nitrogen and oxygen atoms in total. The van der Waals surface area contributed by atoms with Crippen LogP contribution in [0.5, 0.6) is 0 Å². The van der Waals surface area contributed by atoms with E-state index in [4.69, 9.17) is 4.52 Å². The second-order valence-electron chi connectivity index (χ2n) is 6.60. The van der Waals surface area contributed by atoms with Gasteiger partial charge >= 0.3 is 0 Å². The van der Waals surface area contributed by atoms with E-state index in [1.807, 2.05) is 11.1 Å². The Morgan fingerprint density at radius 3 is 3.22 bits per heavy atom. The molecular weight excluding hydrogens is 296 g/mol. The fourth-order valence-corrected chi connectivity index (χ4v) is 4.07. The first-order valence-corrected chi connectivity index (χ1v) is 8.02. The smallest absolute Gasteiger partial charge is 0.276 e. The van der Waals surface area contributed by atoms with Crippen molar-refractivity contribution in [3.8, 4) is 0 Å². The molecule has 1 atom stereocenters. The van der Waals surface area contributed by atoms with Crippen LogP contribution in [0.2, 0.25) is 0 Å². The van der Waals surface area contributed by atoms with Gasteiger partial charge in [-0.2, -0.15) is 5.10 Å². The first kappa shape index (κ1) is 14.4. The molecule has 1 amide bonds. The zero-order valence-electron chi connectivity index (χ0n) is 13.1. The number of carbonyl (C=O) groups is 1. The van der Waals surface area contributed by atoms with E-state index in [9.17, 15) is 9.90 Å². The maximum Gasteiger partial charge on any atom is 0.276 e. The molecule has 2 aromatic heterocycles. The van der Waals surface area contributed by atoms with Gasteiger partial charge in [0.2, 0.25) is 0 Å². The predicted octanol–water partition coefficient (Wildman–Crippen LogP) is 1.32. The Balaban J connectivity index is 1.62. The Kier molecular flexibility index (Phi) is 3.26. The number of fused-ring (bicyclic) bond motifs is 2. The highest BCUT2D eigenvalue weighted by atomic mass is 16.5. The van der Waals surface area contributed by atoms with Crippen LogP contribution < -0.4 is 0 Å². The lowest BCUT2D eigenvalue weighted by Crippen LogP contribution is -2.48. The van der Waals surface area contributed by atoms with Crippen molar-refractivity contribution in [2.24, 2.45) is 0 Å². The maximum absolute atomic E-state index is 12.8. The molecule has 1 unspecified atom stereocenters. The minimum Gasteiger partial charge on any atom is -0.391 e. The molecule has 1 fully saturated rings. The topological polar surface area (TPSA) is 95.3 Å². The summed E-state index contributed by atoms with van der Waals surface area (Å²) < 4.78 is 5.09. The van der Waals surface area contributed by atoms with Crippen molar-refractivity contribution in [1.29, 1.82) is 0 Å². The molecule has 1 aliphatic heterocycles. The van der Waals surface area contributed by atoms with Gasteiger partial charge in [-0.25, -0.2) is 0 Å². The number of piperidine rings is 1. The number of nitrogens with zero attached hydrogens (tertiary/aromatic N) is 3. The first-order chi connectivity index (χ1) is 11.1. The van der Waals surface area contributed by atoms with Crippen LogP contribution in [0.3, 0.4) is 0 Å². The number of aliphatic hydroxyl groups excluding tert-OH is 1.